The average Bonchev–Trinajstić information content (AvgIpc) is 2.66. The normalized spacial score (nSPS) is 15.8. The highest BCUT2D eigenvalue weighted by atomic mass is 16.5. The van der Waals surface area contributed by atoms with E-state index < -0.39 is 0 Å². The molecule has 2 heteroatoms. The number of fused-ring (bicyclic) bond motifs is 2. The SMILES string of the molecule is CC(C)(C)C1=CC(=Cc2cc(C(C)(C)C)[o+]c3ccccc23)c2ccccc2O1. The Balaban J connectivity index is 1.98. The second-order valence-corrected chi connectivity index (χ2v) is 9.77. The van der Waals surface area contributed by atoms with Crippen LogP contribution in [0.4, 0.5) is 0 Å². The Hall–Kier alpha value is -2.87. The zero-order valence-corrected chi connectivity index (χ0v) is 18.2. The molecule has 0 saturated carbocycles. The topological polar surface area (TPSA) is 20.5 Å². The van der Waals surface area contributed by atoms with Crippen molar-refractivity contribution in [3.63, 3.8) is 0 Å². The van der Waals surface area contributed by atoms with Crippen molar-refractivity contribution in [3.8, 4) is 5.75 Å². The van der Waals surface area contributed by atoms with Crippen molar-refractivity contribution >= 4 is 22.6 Å². The summed E-state index contributed by atoms with van der Waals surface area (Å²) in [6.07, 6.45) is 4.44. The lowest BCUT2D eigenvalue weighted by Crippen LogP contribution is -2.18. The van der Waals surface area contributed by atoms with E-state index >= 15 is 0 Å². The number of hydrogen-bond donors (Lipinski definition) is 0. The van der Waals surface area contributed by atoms with Crippen molar-refractivity contribution in [2.45, 2.75) is 47.0 Å². The van der Waals surface area contributed by atoms with E-state index in [1.807, 2.05) is 24.3 Å². The van der Waals surface area contributed by atoms with Crippen LogP contribution in [0.3, 0.4) is 0 Å². The smallest absolute Gasteiger partial charge is 0.360 e. The van der Waals surface area contributed by atoms with Crippen molar-refractivity contribution in [2.24, 2.45) is 5.41 Å². The van der Waals surface area contributed by atoms with Crippen molar-refractivity contribution < 1.29 is 9.15 Å². The third-order valence-electron chi connectivity index (χ3n) is 5.20. The maximum Gasteiger partial charge on any atom is 0.360 e. The summed E-state index contributed by atoms with van der Waals surface area (Å²) in [6, 6.07) is 18.7. The summed E-state index contributed by atoms with van der Waals surface area (Å²) >= 11 is 0. The minimum absolute atomic E-state index is 0.0721. The summed E-state index contributed by atoms with van der Waals surface area (Å²) in [5.74, 6) is 2.86. The number of para-hydroxylation sites is 2. The molecule has 29 heavy (non-hydrogen) atoms. The maximum atomic E-state index is 6.23. The van der Waals surface area contributed by atoms with E-state index in [1.54, 1.807) is 0 Å². The fourth-order valence-electron chi connectivity index (χ4n) is 3.47. The molecule has 148 valence electrons. The van der Waals surface area contributed by atoms with Gasteiger partial charge in [0.1, 0.15) is 11.5 Å². The van der Waals surface area contributed by atoms with Crippen LogP contribution in [0.2, 0.25) is 0 Å². The molecule has 2 nitrogen and oxygen atoms in total. The Morgan fingerprint density at radius 2 is 1.52 bits per heavy atom. The van der Waals surface area contributed by atoms with Gasteiger partial charge in [0.2, 0.25) is 0 Å². The molecule has 0 spiro atoms. The first-order valence-corrected chi connectivity index (χ1v) is 10.2. The van der Waals surface area contributed by atoms with Crippen molar-refractivity contribution in [1.82, 2.24) is 0 Å². The van der Waals surface area contributed by atoms with Gasteiger partial charge in [-0.2, -0.15) is 0 Å². The lowest BCUT2D eigenvalue weighted by Gasteiger charge is -2.28. The summed E-state index contributed by atoms with van der Waals surface area (Å²) in [4.78, 5) is 0. The molecule has 0 aliphatic carbocycles. The van der Waals surface area contributed by atoms with Gasteiger partial charge in [-0.25, -0.2) is 4.42 Å². The number of allylic oxidation sites excluding steroid dienone is 3. The van der Waals surface area contributed by atoms with Gasteiger partial charge >= 0.3 is 11.3 Å². The Kier molecular flexibility index (Phi) is 4.61. The highest BCUT2D eigenvalue weighted by Crippen LogP contribution is 2.41. The van der Waals surface area contributed by atoms with Gasteiger partial charge in [0.15, 0.2) is 0 Å². The number of ether oxygens (including phenoxy) is 1. The van der Waals surface area contributed by atoms with Gasteiger partial charge in [0, 0.05) is 28.7 Å². The van der Waals surface area contributed by atoms with Gasteiger partial charge in [-0.3, -0.25) is 0 Å². The fourth-order valence-corrected chi connectivity index (χ4v) is 3.47. The molecule has 0 amide bonds. The van der Waals surface area contributed by atoms with Crippen LogP contribution >= 0.6 is 0 Å². The molecule has 0 radical (unpaired) electrons. The van der Waals surface area contributed by atoms with Crippen molar-refractivity contribution in [1.29, 1.82) is 0 Å². The first-order valence-electron chi connectivity index (χ1n) is 10.2. The van der Waals surface area contributed by atoms with Crippen LogP contribution in [-0.4, -0.2) is 0 Å². The second-order valence-electron chi connectivity index (χ2n) is 9.77. The van der Waals surface area contributed by atoms with E-state index in [2.05, 4.69) is 84.0 Å². The highest BCUT2D eigenvalue weighted by molar-refractivity contribution is 5.97. The average molecular weight is 386 g/mol. The Labute approximate surface area is 173 Å². The van der Waals surface area contributed by atoms with Gasteiger partial charge in [-0.1, -0.05) is 51.1 Å². The van der Waals surface area contributed by atoms with Crippen LogP contribution < -0.4 is 4.74 Å². The van der Waals surface area contributed by atoms with Crippen LogP contribution in [0.25, 0.3) is 22.6 Å². The number of rotatable bonds is 1. The first kappa shape index (κ1) is 19.4. The van der Waals surface area contributed by atoms with Crippen LogP contribution in [0.5, 0.6) is 5.75 Å². The zero-order chi connectivity index (χ0) is 20.8. The lowest BCUT2D eigenvalue weighted by molar-refractivity contribution is 0.291. The van der Waals surface area contributed by atoms with Crippen LogP contribution in [-0.2, 0) is 5.41 Å². The third-order valence-corrected chi connectivity index (χ3v) is 5.20. The van der Waals surface area contributed by atoms with Gasteiger partial charge < -0.3 is 4.74 Å². The molecule has 0 atom stereocenters. The van der Waals surface area contributed by atoms with Gasteiger partial charge in [0.25, 0.3) is 0 Å². The third kappa shape index (κ3) is 3.85. The molecule has 1 aliphatic heterocycles. The summed E-state index contributed by atoms with van der Waals surface area (Å²) in [5, 5.41) is 1.11. The predicted octanol–water partition coefficient (Wildman–Crippen LogP) is 7.87. The van der Waals surface area contributed by atoms with E-state index in [1.165, 1.54) is 0 Å². The molecule has 0 saturated heterocycles. The fraction of sp³-hybridized carbons (Fsp3) is 0.296. The van der Waals surface area contributed by atoms with Gasteiger partial charge in [-0.15, -0.1) is 0 Å². The summed E-state index contributed by atoms with van der Waals surface area (Å²) < 4.78 is 12.5. The van der Waals surface area contributed by atoms with Gasteiger partial charge in [-0.05, 0) is 50.6 Å². The Morgan fingerprint density at radius 3 is 2.24 bits per heavy atom. The zero-order valence-electron chi connectivity index (χ0n) is 18.2. The first-order chi connectivity index (χ1) is 13.6. The van der Waals surface area contributed by atoms with E-state index in [0.29, 0.717) is 0 Å². The van der Waals surface area contributed by atoms with Gasteiger partial charge in [0.05, 0.1) is 10.8 Å². The van der Waals surface area contributed by atoms with Crippen molar-refractivity contribution in [3.05, 3.63) is 83.3 Å². The minimum Gasteiger partial charge on any atom is -0.461 e. The molecule has 0 fully saturated rings. The van der Waals surface area contributed by atoms with E-state index in [4.69, 9.17) is 9.15 Å². The second kappa shape index (κ2) is 6.88. The van der Waals surface area contributed by atoms with Crippen LogP contribution in [0, 0.1) is 5.41 Å². The van der Waals surface area contributed by atoms with Crippen LogP contribution in [0.15, 0.2) is 70.8 Å². The lowest BCUT2D eigenvalue weighted by atomic mass is 9.88. The Morgan fingerprint density at radius 1 is 0.828 bits per heavy atom. The number of hydrogen-bond acceptors (Lipinski definition) is 1. The van der Waals surface area contributed by atoms with Crippen molar-refractivity contribution in [2.75, 3.05) is 0 Å². The molecule has 4 rings (SSSR count). The van der Waals surface area contributed by atoms with E-state index in [9.17, 15) is 0 Å². The van der Waals surface area contributed by atoms with Crippen LogP contribution in [0.1, 0.15) is 58.4 Å². The maximum absolute atomic E-state index is 6.23. The summed E-state index contributed by atoms with van der Waals surface area (Å²) in [7, 11) is 0. The monoisotopic (exact) mass is 385 g/mol. The molecule has 1 aliphatic rings. The van der Waals surface area contributed by atoms with E-state index in [-0.39, 0.29) is 10.8 Å². The molecule has 2 aromatic carbocycles. The molecule has 3 aromatic rings. The molecular weight excluding hydrogens is 356 g/mol. The molecule has 0 N–H and O–H groups in total. The highest BCUT2D eigenvalue weighted by Gasteiger charge is 2.29. The predicted molar refractivity (Wildman–Crippen MR) is 122 cm³/mol. The van der Waals surface area contributed by atoms with E-state index in [0.717, 1.165) is 44.9 Å². The molecular formula is C27H29O2+. The molecule has 2 heterocycles. The largest absolute Gasteiger partial charge is 0.461 e. The molecule has 1 aromatic heterocycles. The summed E-state index contributed by atoms with van der Waals surface area (Å²) in [6.45, 7) is 13.1. The number of benzene rings is 2. The standard InChI is InChI=1S/C27H29O2/c1-26(2,3)24-16-18(20-11-7-9-13-22(20)28-24)15-19-17-25(27(4,5)6)29-23-14-10-8-12-21(19)23/h7-17H,1-6H3/q+1. The Bertz CT molecular complexity index is 1140. The quantitative estimate of drug-likeness (QED) is 0.397. The minimum atomic E-state index is -0.0721. The molecule has 0 bridgehead atoms. The molecule has 0 unspecified atom stereocenters. The summed E-state index contributed by atoms with van der Waals surface area (Å²) in [5.41, 5.74) is 4.20.